The zero-order chi connectivity index (χ0) is 24.1. The van der Waals surface area contributed by atoms with Crippen LogP contribution in [0.4, 0.5) is 0 Å². The quantitative estimate of drug-likeness (QED) is 0.189. The Morgan fingerprint density at radius 2 is 1.76 bits per heavy atom. The summed E-state index contributed by atoms with van der Waals surface area (Å²) >= 11 is -1.96. The molecular formula is C25H40O6S2. The van der Waals surface area contributed by atoms with Crippen molar-refractivity contribution in [3.05, 3.63) is 24.1 Å². The van der Waals surface area contributed by atoms with Gasteiger partial charge in [-0.05, 0) is 73.0 Å². The molecule has 2 heterocycles. The average Bonchev–Trinajstić information content (AvgIpc) is 2.78. The number of cyclic esters (lactones) is 2. The molecule has 0 saturated carbocycles. The molecule has 8 heteroatoms. The number of carbonyl (C=O) groups excluding carboxylic acids is 2. The highest BCUT2D eigenvalue weighted by Crippen LogP contribution is 2.34. The van der Waals surface area contributed by atoms with E-state index in [1.54, 1.807) is 5.41 Å². The third-order valence-electron chi connectivity index (χ3n) is 6.70. The van der Waals surface area contributed by atoms with Gasteiger partial charge in [-0.15, -0.1) is 6.58 Å². The molecule has 0 radical (unpaired) electrons. The van der Waals surface area contributed by atoms with E-state index in [0.29, 0.717) is 61.6 Å². The molecule has 0 bridgehead atoms. The first-order valence-electron chi connectivity index (χ1n) is 12.3. The fraction of sp³-hybridized carbons (Fsp3) is 0.760. The van der Waals surface area contributed by atoms with Gasteiger partial charge in [0, 0.05) is 19.3 Å². The number of esters is 2. The number of hydrogen-bond donors (Lipinski definition) is 0. The van der Waals surface area contributed by atoms with Crippen LogP contribution in [-0.4, -0.2) is 51.5 Å². The highest BCUT2D eigenvalue weighted by Gasteiger charge is 2.30. The normalized spacial score (nSPS) is 25.2. The molecule has 0 spiro atoms. The van der Waals surface area contributed by atoms with Gasteiger partial charge in [-0.3, -0.25) is 9.59 Å². The molecule has 0 aromatic carbocycles. The second kappa shape index (κ2) is 15.8. The Labute approximate surface area is 205 Å². The fourth-order valence-electron chi connectivity index (χ4n) is 4.78. The summed E-state index contributed by atoms with van der Waals surface area (Å²) in [7, 11) is 0. The van der Waals surface area contributed by atoms with Crippen molar-refractivity contribution in [1.82, 2.24) is 0 Å². The lowest BCUT2D eigenvalue weighted by molar-refractivity contribution is -0.150. The maximum Gasteiger partial charge on any atom is 0.306 e. The van der Waals surface area contributed by atoms with Crippen LogP contribution in [0, 0.1) is 23.7 Å². The summed E-state index contributed by atoms with van der Waals surface area (Å²) in [5.41, 5.74) is 0. The van der Waals surface area contributed by atoms with Crippen LogP contribution >= 0.6 is 0 Å². The largest absolute Gasteiger partial charge is 0.616 e. The SMILES string of the molecule is C=CC(C(CC)CC=C[S+]([O-])CCC[S+]([O-])CCCC1CCOC(=O)C1)C1CCOC(=O)C1. The van der Waals surface area contributed by atoms with Gasteiger partial charge in [-0.2, -0.15) is 0 Å². The maximum absolute atomic E-state index is 12.3. The highest BCUT2D eigenvalue weighted by atomic mass is 32.2. The molecule has 6 unspecified atom stereocenters. The van der Waals surface area contributed by atoms with Crippen molar-refractivity contribution >= 4 is 34.3 Å². The van der Waals surface area contributed by atoms with E-state index in [4.69, 9.17) is 9.47 Å². The van der Waals surface area contributed by atoms with E-state index in [1.807, 2.05) is 12.2 Å². The minimum Gasteiger partial charge on any atom is -0.616 e. The lowest BCUT2D eigenvalue weighted by Crippen LogP contribution is -2.29. The zero-order valence-corrected chi connectivity index (χ0v) is 21.5. The second-order valence-corrected chi connectivity index (χ2v) is 12.2. The van der Waals surface area contributed by atoms with Crippen molar-refractivity contribution in [3.8, 4) is 0 Å². The van der Waals surface area contributed by atoms with Crippen molar-refractivity contribution in [2.24, 2.45) is 23.7 Å². The first-order chi connectivity index (χ1) is 15.9. The summed E-state index contributed by atoms with van der Waals surface area (Å²) in [5, 5.41) is 1.77. The molecule has 0 aromatic heterocycles. The van der Waals surface area contributed by atoms with Crippen LogP contribution in [0.25, 0.3) is 0 Å². The molecule has 6 nitrogen and oxygen atoms in total. The molecule has 188 valence electrons. The van der Waals surface area contributed by atoms with Gasteiger partial charge in [-0.25, -0.2) is 0 Å². The van der Waals surface area contributed by atoms with Crippen molar-refractivity contribution in [3.63, 3.8) is 0 Å². The van der Waals surface area contributed by atoms with Crippen LogP contribution in [-0.2, 0) is 41.4 Å². The van der Waals surface area contributed by atoms with E-state index in [9.17, 15) is 18.7 Å². The highest BCUT2D eigenvalue weighted by molar-refractivity contribution is 7.94. The first-order valence-corrected chi connectivity index (χ1v) is 15.1. The van der Waals surface area contributed by atoms with Gasteiger partial charge in [-0.1, -0.05) is 30.6 Å². The van der Waals surface area contributed by atoms with Crippen LogP contribution in [0.2, 0.25) is 0 Å². The van der Waals surface area contributed by atoms with Crippen molar-refractivity contribution < 1.29 is 28.2 Å². The lowest BCUT2D eigenvalue weighted by Gasteiger charge is -2.32. The van der Waals surface area contributed by atoms with Gasteiger partial charge >= 0.3 is 11.9 Å². The van der Waals surface area contributed by atoms with Gasteiger partial charge in [0.2, 0.25) is 0 Å². The molecule has 0 N–H and O–H groups in total. The molecule has 33 heavy (non-hydrogen) atoms. The van der Waals surface area contributed by atoms with E-state index in [1.165, 1.54) is 0 Å². The third-order valence-corrected chi connectivity index (χ3v) is 9.37. The lowest BCUT2D eigenvalue weighted by atomic mass is 9.75. The van der Waals surface area contributed by atoms with Crippen molar-refractivity contribution in [2.75, 3.05) is 30.5 Å². The molecule has 0 aromatic rings. The van der Waals surface area contributed by atoms with Crippen LogP contribution in [0.5, 0.6) is 0 Å². The van der Waals surface area contributed by atoms with Gasteiger partial charge in [0.15, 0.2) is 0 Å². The topological polar surface area (TPSA) is 98.7 Å². The molecule has 2 saturated heterocycles. The van der Waals surface area contributed by atoms with Gasteiger partial charge in [0.1, 0.15) is 22.7 Å². The first kappa shape index (κ1) is 28.3. The summed E-state index contributed by atoms with van der Waals surface area (Å²) in [6.07, 6.45) is 10.9. The zero-order valence-electron chi connectivity index (χ0n) is 19.9. The predicted octanol–water partition coefficient (Wildman–Crippen LogP) is 4.29. The summed E-state index contributed by atoms with van der Waals surface area (Å²) in [5.74, 6) is 2.74. The van der Waals surface area contributed by atoms with E-state index in [-0.39, 0.29) is 23.8 Å². The number of ether oxygens (including phenoxy) is 2. The number of carbonyl (C=O) groups is 2. The standard InChI is InChI=1S/C25H40O6S2/c1-3-21(23(4-2)22-11-13-31-25(27)19-22)9-6-15-33(29)17-7-16-32(28)14-5-8-20-10-12-30-24(26)18-20/h4,6,15,20-23H,2-3,5,7-14,16-19H2,1H3. The molecule has 2 rings (SSSR count). The Bertz CT molecular complexity index is 640. The number of hydrogen-bond acceptors (Lipinski definition) is 6. The molecule has 0 amide bonds. The minimum absolute atomic E-state index is 0.119. The second-order valence-electron chi connectivity index (χ2n) is 9.07. The van der Waals surface area contributed by atoms with E-state index >= 15 is 0 Å². The molecule has 2 fully saturated rings. The fourth-order valence-corrected chi connectivity index (χ4v) is 7.01. The molecule has 0 aliphatic carbocycles. The third kappa shape index (κ3) is 10.9. The van der Waals surface area contributed by atoms with Crippen molar-refractivity contribution in [1.29, 1.82) is 0 Å². The van der Waals surface area contributed by atoms with E-state index < -0.39 is 22.4 Å². The average molecular weight is 501 g/mol. The van der Waals surface area contributed by atoms with E-state index in [2.05, 4.69) is 13.5 Å². The predicted molar refractivity (Wildman–Crippen MR) is 133 cm³/mol. The van der Waals surface area contributed by atoms with Gasteiger partial charge < -0.3 is 18.6 Å². The Morgan fingerprint density at radius 1 is 1.06 bits per heavy atom. The monoisotopic (exact) mass is 500 g/mol. The summed E-state index contributed by atoms with van der Waals surface area (Å²) in [4.78, 5) is 22.9. The van der Waals surface area contributed by atoms with E-state index in [0.717, 1.165) is 38.5 Å². The Kier molecular flexibility index (Phi) is 13.6. The number of allylic oxidation sites excluding steroid dienone is 2. The van der Waals surface area contributed by atoms with Crippen molar-refractivity contribution in [2.45, 2.75) is 64.7 Å². The smallest absolute Gasteiger partial charge is 0.306 e. The molecule has 2 aliphatic rings. The summed E-state index contributed by atoms with van der Waals surface area (Å²) in [6.45, 7) is 7.13. The van der Waals surface area contributed by atoms with Crippen LogP contribution in [0.1, 0.15) is 64.7 Å². The maximum atomic E-state index is 12.3. The Hall–Kier alpha value is -0.960. The van der Waals surface area contributed by atoms with Gasteiger partial charge in [0.25, 0.3) is 0 Å². The molecular weight excluding hydrogens is 460 g/mol. The number of rotatable bonds is 15. The summed E-state index contributed by atoms with van der Waals surface area (Å²) < 4.78 is 34.6. The Balaban J connectivity index is 1.61. The molecule has 2 aliphatic heterocycles. The van der Waals surface area contributed by atoms with Crippen LogP contribution in [0.15, 0.2) is 24.1 Å². The Morgan fingerprint density at radius 3 is 2.42 bits per heavy atom. The summed E-state index contributed by atoms with van der Waals surface area (Å²) in [6, 6.07) is 0. The minimum atomic E-state index is -1.06. The van der Waals surface area contributed by atoms with Crippen LogP contribution in [0.3, 0.4) is 0 Å². The molecule has 6 atom stereocenters. The van der Waals surface area contributed by atoms with Gasteiger partial charge in [0.05, 0.1) is 13.2 Å². The van der Waals surface area contributed by atoms with Crippen LogP contribution < -0.4 is 0 Å².